The first-order valence-corrected chi connectivity index (χ1v) is 9.92. The number of ether oxygens (including phenoxy) is 2. The number of rotatable bonds is 6. The van der Waals surface area contributed by atoms with Gasteiger partial charge in [0.25, 0.3) is 0 Å². The van der Waals surface area contributed by atoms with E-state index in [9.17, 15) is 9.59 Å². The molecule has 1 aromatic carbocycles. The molecule has 0 amide bonds. The molecule has 3 heterocycles. The van der Waals surface area contributed by atoms with Crippen molar-refractivity contribution in [2.45, 2.75) is 20.4 Å². The highest BCUT2D eigenvalue weighted by Crippen LogP contribution is 2.29. The fourth-order valence-electron chi connectivity index (χ4n) is 3.27. The van der Waals surface area contributed by atoms with E-state index in [-0.39, 0.29) is 5.97 Å². The number of aromatic nitrogens is 1. The fraction of sp³-hybridized carbons (Fsp3) is 0.238. The van der Waals surface area contributed by atoms with Gasteiger partial charge in [-0.2, -0.15) is 0 Å². The summed E-state index contributed by atoms with van der Waals surface area (Å²) < 4.78 is 18.0. The van der Waals surface area contributed by atoms with Crippen LogP contribution >= 0.6 is 11.3 Å². The van der Waals surface area contributed by atoms with E-state index in [1.807, 2.05) is 35.1 Å². The lowest BCUT2D eigenvalue weighted by molar-refractivity contribution is 0.0515. The molecule has 0 N–H and O–H groups in total. The predicted octanol–water partition coefficient (Wildman–Crippen LogP) is 4.43. The van der Waals surface area contributed by atoms with Crippen molar-refractivity contribution in [2.24, 2.45) is 0 Å². The summed E-state index contributed by atoms with van der Waals surface area (Å²) in [5, 5.41) is 3.72. The van der Waals surface area contributed by atoms with E-state index < -0.39 is 5.63 Å². The third-order valence-electron chi connectivity index (χ3n) is 4.43. The van der Waals surface area contributed by atoms with Crippen LogP contribution in [-0.2, 0) is 11.3 Å². The first kappa shape index (κ1) is 18.3. The summed E-state index contributed by atoms with van der Waals surface area (Å²) in [5.74, 6) is 0.317. The Morgan fingerprint density at radius 2 is 2.00 bits per heavy atom. The number of nitrogens with zero attached hydrogens (tertiary/aromatic N) is 1. The van der Waals surface area contributed by atoms with Crippen molar-refractivity contribution in [3.05, 3.63) is 63.5 Å². The van der Waals surface area contributed by atoms with E-state index in [1.54, 1.807) is 19.1 Å². The summed E-state index contributed by atoms with van der Waals surface area (Å²) in [4.78, 5) is 25.5. The van der Waals surface area contributed by atoms with Crippen molar-refractivity contribution in [1.82, 2.24) is 4.57 Å². The number of benzene rings is 1. The SMILES string of the molecule is CCOC(=O)c1cc2ccsc2n1Cc1cc(=O)oc2ccc(OCC)cc12. The monoisotopic (exact) mass is 397 g/mol. The Balaban J connectivity index is 1.87. The van der Waals surface area contributed by atoms with Gasteiger partial charge in [0.05, 0.1) is 19.8 Å². The summed E-state index contributed by atoms with van der Waals surface area (Å²) in [6.45, 7) is 4.87. The molecule has 0 aliphatic carbocycles. The average Bonchev–Trinajstić information content (AvgIpc) is 3.25. The second-order valence-electron chi connectivity index (χ2n) is 6.20. The van der Waals surface area contributed by atoms with Crippen molar-refractivity contribution in [3.63, 3.8) is 0 Å². The molecule has 0 atom stereocenters. The Morgan fingerprint density at radius 3 is 2.79 bits per heavy atom. The highest BCUT2D eigenvalue weighted by atomic mass is 32.1. The van der Waals surface area contributed by atoms with Crippen LogP contribution in [0.15, 0.2) is 51.0 Å². The highest BCUT2D eigenvalue weighted by molar-refractivity contribution is 7.16. The molecule has 0 saturated heterocycles. The maximum Gasteiger partial charge on any atom is 0.355 e. The summed E-state index contributed by atoms with van der Waals surface area (Å²) in [6, 6.07) is 10.6. The zero-order chi connectivity index (χ0) is 19.7. The van der Waals surface area contributed by atoms with Gasteiger partial charge in [-0.3, -0.25) is 0 Å². The number of hydrogen-bond acceptors (Lipinski definition) is 6. The molecule has 0 fully saturated rings. The molecule has 4 aromatic rings. The van der Waals surface area contributed by atoms with Gasteiger partial charge in [0.2, 0.25) is 0 Å². The Hall–Kier alpha value is -3.06. The van der Waals surface area contributed by atoms with Gasteiger partial charge in [-0.05, 0) is 55.1 Å². The van der Waals surface area contributed by atoms with Crippen LogP contribution < -0.4 is 10.4 Å². The van der Waals surface area contributed by atoms with Crippen molar-refractivity contribution in [3.8, 4) is 5.75 Å². The molecule has 0 aliphatic heterocycles. The summed E-state index contributed by atoms with van der Waals surface area (Å²) >= 11 is 1.54. The molecule has 0 spiro atoms. The number of thiophene rings is 1. The number of hydrogen-bond donors (Lipinski definition) is 0. The number of carbonyl (C=O) groups is 1. The molecule has 0 saturated carbocycles. The Labute approximate surface area is 164 Å². The molecule has 28 heavy (non-hydrogen) atoms. The van der Waals surface area contributed by atoms with Crippen molar-refractivity contribution < 1.29 is 18.7 Å². The van der Waals surface area contributed by atoms with Crippen LogP contribution in [0.25, 0.3) is 21.2 Å². The van der Waals surface area contributed by atoms with Crippen LogP contribution in [0, 0.1) is 0 Å². The third-order valence-corrected chi connectivity index (χ3v) is 5.38. The van der Waals surface area contributed by atoms with E-state index in [0.29, 0.717) is 36.8 Å². The standard InChI is InChI=1S/C21H19NO5S/c1-3-25-15-5-6-18-16(11-15)14(10-19(23)27-18)12-22-17(21(24)26-4-2)9-13-7-8-28-20(13)22/h5-11H,3-4,12H2,1-2H3. The van der Waals surface area contributed by atoms with Gasteiger partial charge in [0, 0.05) is 16.8 Å². The Bertz CT molecular complexity index is 1220. The number of carbonyl (C=O) groups excluding carboxylic acids is 1. The Morgan fingerprint density at radius 1 is 1.14 bits per heavy atom. The normalized spacial score (nSPS) is 11.2. The fourth-order valence-corrected chi connectivity index (χ4v) is 4.17. The van der Waals surface area contributed by atoms with Gasteiger partial charge in [-0.1, -0.05) is 0 Å². The largest absolute Gasteiger partial charge is 0.494 e. The van der Waals surface area contributed by atoms with Gasteiger partial charge in [0.15, 0.2) is 0 Å². The van der Waals surface area contributed by atoms with Crippen LogP contribution in [0.3, 0.4) is 0 Å². The van der Waals surface area contributed by atoms with Crippen LogP contribution in [0.5, 0.6) is 5.75 Å². The third kappa shape index (κ3) is 3.29. The number of esters is 1. The first-order valence-electron chi connectivity index (χ1n) is 9.04. The van der Waals surface area contributed by atoms with Gasteiger partial charge in [-0.25, -0.2) is 9.59 Å². The van der Waals surface area contributed by atoms with Crippen molar-refractivity contribution >= 4 is 38.5 Å². The predicted molar refractivity (Wildman–Crippen MR) is 109 cm³/mol. The quantitative estimate of drug-likeness (QED) is 0.355. The van der Waals surface area contributed by atoms with Crippen molar-refractivity contribution in [2.75, 3.05) is 13.2 Å². The van der Waals surface area contributed by atoms with Crippen LogP contribution in [-0.4, -0.2) is 23.8 Å². The number of fused-ring (bicyclic) bond motifs is 2. The molecule has 144 valence electrons. The minimum absolute atomic E-state index is 0.299. The topological polar surface area (TPSA) is 70.7 Å². The lowest BCUT2D eigenvalue weighted by Gasteiger charge is -2.12. The molecule has 6 nitrogen and oxygen atoms in total. The highest BCUT2D eigenvalue weighted by Gasteiger charge is 2.19. The maximum absolute atomic E-state index is 12.5. The van der Waals surface area contributed by atoms with Crippen LogP contribution in [0.1, 0.15) is 29.9 Å². The average molecular weight is 397 g/mol. The van der Waals surface area contributed by atoms with Gasteiger partial charge >= 0.3 is 11.6 Å². The van der Waals surface area contributed by atoms with Gasteiger partial charge < -0.3 is 18.5 Å². The van der Waals surface area contributed by atoms with E-state index >= 15 is 0 Å². The molecule has 0 bridgehead atoms. The van der Waals surface area contributed by atoms with E-state index in [4.69, 9.17) is 13.9 Å². The minimum Gasteiger partial charge on any atom is -0.494 e. The van der Waals surface area contributed by atoms with E-state index in [2.05, 4.69) is 0 Å². The zero-order valence-corrected chi connectivity index (χ0v) is 16.4. The molecule has 0 unspecified atom stereocenters. The van der Waals surface area contributed by atoms with Gasteiger partial charge in [0.1, 0.15) is 21.9 Å². The first-order chi connectivity index (χ1) is 13.6. The van der Waals surface area contributed by atoms with E-state index in [0.717, 1.165) is 21.2 Å². The second kappa shape index (κ2) is 7.52. The minimum atomic E-state index is -0.432. The summed E-state index contributed by atoms with van der Waals surface area (Å²) in [5.41, 5.74) is 1.27. The molecule has 3 aromatic heterocycles. The molecule has 4 rings (SSSR count). The molecule has 0 radical (unpaired) electrons. The summed E-state index contributed by atoms with van der Waals surface area (Å²) in [6.07, 6.45) is 0. The van der Waals surface area contributed by atoms with E-state index in [1.165, 1.54) is 17.4 Å². The Kier molecular flexibility index (Phi) is 4.92. The maximum atomic E-state index is 12.5. The zero-order valence-electron chi connectivity index (χ0n) is 15.6. The van der Waals surface area contributed by atoms with Crippen LogP contribution in [0.2, 0.25) is 0 Å². The molecule has 7 heteroatoms. The molecule has 0 aliphatic rings. The summed E-state index contributed by atoms with van der Waals surface area (Å²) in [7, 11) is 0. The van der Waals surface area contributed by atoms with Gasteiger partial charge in [-0.15, -0.1) is 11.3 Å². The molecular weight excluding hydrogens is 378 g/mol. The lowest BCUT2D eigenvalue weighted by Crippen LogP contribution is -2.14. The second-order valence-corrected chi connectivity index (χ2v) is 7.09. The molecular formula is C21H19NO5S. The van der Waals surface area contributed by atoms with Crippen molar-refractivity contribution in [1.29, 1.82) is 0 Å². The lowest BCUT2D eigenvalue weighted by atomic mass is 10.1. The van der Waals surface area contributed by atoms with Crippen LogP contribution in [0.4, 0.5) is 0 Å². The smallest absolute Gasteiger partial charge is 0.355 e.